The molecule has 5 heteroatoms. The molecule has 0 unspecified atom stereocenters. The van der Waals surface area contributed by atoms with Gasteiger partial charge in [0.15, 0.2) is 0 Å². The number of allylic oxidation sites excluding steroid dienone is 8. The summed E-state index contributed by atoms with van der Waals surface area (Å²) in [6.45, 7) is 13.8. The van der Waals surface area contributed by atoms with Gasteiger partial charge in [-0.3, -0.25) is 0 Å². The van der Waals surface area contributed by atoms with Crippen LogP contribution in [0.25, 0.3) is 5.57 Å². The highest BCUT2D eigenvalue weighted by Gasteiger charge is 2.49. The Hall–Kier alpha value is -3.99. The topological polar surface area (TPSA) is 39.6 Å². The van der Waals surface area contributed by atoms with E-state index in [1.54, 1.807) is 18.3 Å². The van der Waals surface area contributed by atoms with E-state index >= 15 is 0 Å². The van der Waals surface area contributed by atoms with Crippen molar-refractivity contribution in [2.75, 3.05) is 9.62 Å². The first kappa shape index (κ1) is 20.3. The summed E-state index contributed by atoms with van der Waals surface area (Å²) in [6, 6.07) is 12.3. The summed E-state index contributed by atoms with van der Waals surface area (Å²) < 4.78 is 0. The standard InChI is InChI=1S/C26H24BN3O/c1-5-8-15-24-19(4)22-13-9-10-14-23(22)27-29(20(12-6-2)18-21(31)7-3)26-25(30(24)27)16-11-17-28-26/h5-18,31H,2-4H2,1H3/b8-5-,20-12+,21-18+,24-15+. The molecule has 4 rings (SSSR count). The summed E-state index contributed by atoms with van der Waals surface area (Å²) in [5, 5.41) is 10.2. The molecule has 0 saturated carbocycles. The lowest BCUT2D eigenvalue weighted by Gasteiger charge is -2.37. The molecule has 3 heterocycles. The van der Waals surface area contributed by atoms with Gasteiger partial charge in [0, 0.05) is 23.7 Å². The van der Waals surface area contributed by atoms with Crippen LogP contribution in [-0.2, 0) is 0 Å². The van der Waals surface area contributed by atoms with Gasteiger partial charge in [0.25, 0.3) is 0 Å². The van der Waals surface area contributed by atoms with E-state index in [1.807, 2.05) is 43.4 Å². The SMILES string of the molecule is C=C/C=C(\C=C(\O)C=C)N1B2c3ccccc3C(=C)/C(=C\C=C/C)N2c2cccnc21. The predicted molar refractivity (Wildman–Crippen MR) is 132 cm³/mol. The number of fused-ring (bicyclic) bond motifs is 5. The van der Waals surface area contributed by atoms with Gasteiger partial charge in [-0.05, 0) is 53.9 Å². The van der Waals surface area contributed by atoms with E-state index in [-0.39, 0.29) is 12.7 Å². The largest absolute Gasteiger partial charge is 0.508 e. The minimum absolute atomic E-state index is 0.0715. The average molecular weight is 405 g/mol. The lowest BCUT2D eigenvalue weighted by molar-refractivity contribution is 0.432. The predicted octanol–water partition coefficient (Wildman–Crippen LogP) is 5.29. The summed E-state index contributed by atoms with van der Waals surface area (Å²) in [6.07, 6.45) is 14.6. The molecule has 152 valence electrons. The fourth-order valence-electron chi connectivity index (χ4n) is 4.11. The number of nitrogens with zero attached hydrogens (tertiary/aromatic N) is 3. The Morgan fingerprint density at radius 1 is 1.16 bits per heavy atom. The van der Waals surface area contributed by atoms with Crippen molar-refractivity contribution in [3.63, 3.8) is 0 Å². The van der Waals surface area contributed by atoms with Crippen molar-refractivity contribution in [3.05, 3.63) is 128 Å². The maximum atomic E-state index is 10.2. The zero-order chi connectivity index (χ0) is 22.0. The van der Waals surface area contributed by atoms with E-state index in [2.05, 4.69) is 53.6 Å². The molecule has 0 fully saturated rings. The van der Waals surface area contributed by atoms with E-state index in [0.29, 0.717) is 0 Å². The molecular weight excluding hydrogens is 381 g/mol. The first-order chi connectivity index (χ1) is 15.1. The number of hydrogen-bond donors (Lipinski definition) is 1. The van der Waals surface area contributed by atoms with Gasteiger partial charge in [-0.1, -0.05) is 62.2 Å². The van der Waals surface area contributed by atoms with E-state index < -0.39 is 0 Å². The number of aromatic nitrogens is 1. The van der Waals surface area contributed by atoms with Crippen molar-refractivity contribution in [1.82, 2.24) is 4.98 Å². The Morgan fingerprint density at radius 3 is 2.71 bits per heavy atom. The van der Waals surface area contributed by atoms with Crippen LogP contribution in [0, 0.1) is 0 Å². The Bertz CT molecular complexity index is 1190. The molecule has 1 N–H and O–H groups in total. The molecular formula is C26H24BN3O. The van der Waals surface area contributed by atoms with Crippen LogP contribution in [-0.4, -0.2) is 17.1 Å². The number of pyridine rings is 1. The molecule has 2 aliphatic rings. The molecule has 2 aromatic rings. The van der Waals surface area contributed by atoms with Crippen molar-refractivity contribution in [1.29, 1.82) is 0 Å². The highest BCUT2D eigenvalue weighted by molar-refractivity contribution is 6.84. The van der Waals surface area contributed by atoms with Gasteiger partial charge < -0.3 is 14.7 Å². The second-order valence-corrected chi connectivity index (χ2v) is 7.20. The summed E-state index contributed by atoms with van der Waals surface area (Å²) in [4.78, 5) is 9.08. The average Bonchev–Trinajstić information content (AvgIpc) is 3.14. The van der Waals surface area contributed by atoms with Gasteiger partial charge in [0.05, 0.1) is 5.69 Å². The first-order valence-electron chi connectivity index (χ1n) is 10.1. The Kier molecular flexibility index (Phi) is 5.50. The Balaban J connectivity index is 2.04. The molecule has 31 heavy (non-hydrogen) atoms. The maximum Gasteiger partial charge on any atom is 0.422 e. The molecule has 0 spiro atoms. The summed E-state index contributed by atoms with van der Waals surface area (Å²) in [5.41, 5.74) is 5.90. The monoisotopic (exact) mass is 405 g/mol. The number of aliphatic hydroxyl groups excluding tert-OH is 1. The summed E-state index contributed by atoms with van der Waals surface area (Å²) in [7, 11) is 0. The van der Waals surface area contributed by atoms with Gasteiger partial charge in [-0.2, -0.15) is 0 Å². The number of aliphatic hydroxyl groups is 1. The highest BCUT2D eigenvalue weighted by atomic mass is 16.3. The first-order valence-corrected chi connectivity index (χ1v) is 10.1. The molecule has 4 nitrogen and oxygen atoms in total. The van der Waals surface area contributed by atoms with Gasteiger partial charge in [0.2, 0.25) is 0 Å². The molecule has 0 bridgehead atoms. The molecule has 1 aromatic heterocycles. The van der Waals surface area contributed by atoms with Crippen molar-refractivity contribution in [2.24, 2.45) is 0 Å². The number of rotatable bonds is 5. The van der Waals surface area contributed by atoms with Crippen LogP contribution in [0.15, 0.2) is 122 Å². The smallest absolute Gasteiger partial charge is 0.422 e. The summed E-state index contributed by atoms with van der Waals surface area (Å²) >= 11 is 0. The molecule has 0 amide bonds. The van der Waals surface area contributed by atoms with Crippen molar-refractivity contribution in [3.8, 4) is 0 Å². The Morgan fingerprint density at radius 2 is 1.97 bits per heavy atom. The van der Waals surface area contributed by atoms with E-state index in [4.69, 9.17) is 4.98 Å². The van der Waals surface area contributed by atoms with Crippen molar-refractivity contribution >= 4 is 29.5 Å². The molecule has 0 atom stereocenters. The third-order valence-electron chi connectivity index (χ3n) is 5.39. The van der Waals surface area contributed by atoms with Gasteiger partial charge in [0.1, 0.15) is 11.6 Å². The van der Waals surface area contributed by atoms with Crippen LogP contribution in [0.3, 0.4) is 0 Å². The summed E-state index contributed by atoms with van der Waals surface area (Å²) in [5.74, 6) is 0.867. The minimum atomic E-state index is -0.192. The normalized spacial score (nSPS) is 17.1. The second kappa shape index (κ2) is 8.40. The zero-order valence-corrected chi connectivity index (χ0v) is 17.6. The number of hydrogen-bond acceptors (Lipinski definition) is 4. The fraction of sp³-hybridized carbons (Fsp3) is 0.0385. The van der Waals surface area contributed by atoms with Crippen molar-refractivity contribution < 1.29 is 5.11 Å². The Labute approximate surface area is 184 Å². The highest BCUT2D eigenvalue weighted by Crippen LogP contribution is 2.45. The van der Waals surface area contributed by atoms with Crippen LogP contribution in [0.4, 0.5) is 11.5 Å². The fourth-order valence-corrected chi connectivity index (χ4v) is 4.11. The lowest BCUT2D eigenvalue weighted by Crippen LogP contribution is -2.59. The number of anilines is 2. The van der Waals surface area contributed by atoms with E-state index in [1.165, 1.54) is 6.08 Å². The van der Waals surface area contributed by atoms with Gasteiger partial charge >= 0.3 is 6.98 Å². The van der Waals surface area contributed by atoms with Crippen LogP contribution in [0.5, 0.6) is 0 Å². The van der Waals surface area contributed by atoms with Crippen molar-refractivity contribution in [2.45, 2.75) is 6.92 Å². The molecule has 0 aliphatic carbocycles. The molecule has 0 saturated heterocycles. The van der Waals surface area contributed by atoms with Gasteiger partial charge in [-0.15, -0.1) is 0 Å². The van der Waals surface area contributed by atoms with E-state index in [0.717, 1.165) is 39.5 Å². The van der Waals surface area contributed by atoms with Crippen LogP contribution < -0.4 is 15.1 Å². The van der Waals surface area contributed by atoms with Crippen LogP contribution in [0.2, 0.25) is 0 Å². The molecule has 1 aromatic carbocycles. The van der Waals surface area contributed by atoms with Crippen LogP contribution >= 0.6 is 0 Å². The van der Waals surface area contributed by atoms with E-state index in [9.17, 15) is 5.11 Å². The maximum absolute atomic E-state index is 10.2. The minimum Gasteiger partial charge on any atom is -0.508 e. The second-order valence-electron chi connectivity index (χ2n) is 7.20. The zero-order valence-electron chi connectivity index (χ0n) is 17.6. The van der Waals surface area contributed by atoms with Gasteiger partial charge in [-0.25, -0.2) is 4.98 Å². The number of benzene rings is 1. The molecule has 2 aliphatic heterocycles. The lowest BCUT2D eigenvalue weighted by atomic mass is 9.59. The molecule has 0 radical (unpaired) electrons. The third kappa shape index (κ3) is 3.34. The van der Waals surface area contributed by atoms with Crippen LogP contribution in [0.1, 0.15) is 12.5 Å². The quantitative estimate of drug-likeness (QED) is 0.417. The third-order valence-corrected chi connectivity index (χ3v) is 5.39.